The van der Waals surface area contributed by atoms with Gasteiger partial charge in [-0.1, -0.05) is 5.16 Å². The average molecular weight is 525 g/mol. The number of oxime groups is 1. The summed E-state index contributed by atoms with van der Waals surface area (Å²) in [7, 11) is 1.49. The van der Waals surface area contributed by atoms with Gasteiger partial charge in [-0.05, 0) is 57.7 Å². The second-order valence-corrected chi connectivity index (χ2v) is 7.86. The van der Waals surface area contributed by atoms with E-state index in [9.17, 15) is 14.7 Å². The van der Waals surface area contributed by atoms with Gasteiger partial charge in [0.1, 0.15) is 17.6 Å². The molecule has 28 heavy (non-hydrogen) atoms. The highest BCUT2D eigenvalue weighted by molar-refractivity contribution is 9.12. The Morgan fingerprint density at radius 1 is 1.36 bits per heavy atom. The normalized spacial score (nSPS) is 23.7. The zero-order chi connectivity index (χ0) is 20.7. The zero-order valence-corrected chi connectivity index (χ0v) is 18.8. The number of nitrogens with one attached hydrogen (secondary N) is 2. The maximum Gasteiger partial charge on any atom is 0.407 e. The van der Waals surface area contributed by atoms with Crippen molar-refractivity contribution in [3.63, 3.8) is 0 Å². The molecule has 2 atom stereocenters. The van der Waals surface area contributed by atoms with E-state index in [1.54, 1.807) is 13.0 Å². The Bertz CT molecular complexity index is 709. The Morgan fingerprint density at radius 3 is 2.68 bits per heavy atom. The van der Waals surface area contributed by atoms with E-state index in [4.69, 9.17) is 14.3 Å². The number of ether oxygens (including phenoxy) is 2. The summed E-state index contributed by atoms with van der Waals surface area (Å²) in [5, 5.41) is 19.8. The number of unbranched alkanes of at least 4 members (excludes halogenated alkanes) is 1. The van der Waals surface area contributed by atoms with E-state index in [-0.39, 0.29) is 18.0 Å². The summed E-state index contributed by atoms with van der Waals surface area (Å²) in [5.41, 5.74) is -0.975. The highest BCUT2D eigenvalue weighted by Crippen LogP contribution is 2.43. The number of methoxy groups -OCH3 is 1. The van der Waals surface area contributed by atoms with Crippen LogP contribution in [0.25, 0.3) is 0 Å². The van der Waals surface area contributed by atoms with Crippen molar-refractivity contribution in [2.24, 2.45) is 5.16 Å². The summed E-state index contributed by atoms with van der Waals surface area (Å²) in [6.45, 7) is 2.96. The Kier molecular flexibility index (Phi) is 8.32. The molecule has 0 unspecified atom stereocenters. The van der Waals surface area contributed by atoms with Gasteiger partial charge in [0.05, 0.1) is 22.7 Å². The molecule has 11 heteroatoms. The van der Waals surface area contributed by atoms with Crippen LogP contribution in [0.1, 0.15) is 26.2 Å². The third-order valence-electron chi connectivity index (χ3n) is 4.18. The van der Waals surface area contributed by atoms with Crippen LogP contribution in [0.4, 0.5) is 4.79 Å². The average Bonchev–Trinajstić information content (AvgIpc) is 3.08. The van der Waals surface area contributed by atoms with Gasteiger partial charge in [0.2, 0.25) is 0 Å². The zero-order valence-electron chi connectivity index (χ0n) is 15.6. The van der Waals surface area contributed by atoms with Crippen molar-refractivity contribution in [1.29, 1.82) is 0 Å². The molecule has 0 aromatic carbocycles. The minimum absolute atomic E-state index is 0.117. The Labute approximate surface area is 179 Å². The van der Waals surface area contributed by atoms with Gasteiger partial charge in [-0.3, -0.25) is 4.79 Å². The highest BCUT2D eigenvalue weighted by Gasteiger charge is 2.50. The van der Waals surface area contributed by atoms with Crippen LogP contribution >= 0.6 is 31.9 Å². The van der Waals surface area contributed by atoms with Gasteiger partial charge in [-0.25, -0.2) is 4.79 Å². The van der Waals surface area contributed by atoms with Gasteiger partial charge in [0.15, 0.2) is 5.60 Å². The van der Waals surface area contributed by atoms with Gasteiger partial charge < -0.3 is 30.1 Å². The molecule has 2 aliphatic rings. The summed E-state index contributed by atoms with van der Waals surface area (Å²) in [5.74, 6) is 0.0978. The largest absolute Gasteiger partial charge is 0.495 e. The molecule has 1 aliphatic heterocycles. The second kappa shape index (κ2) is 10.3. The molecule has 2 rings (SSSR count). The fourth-order valence-corrected chi connectivity index (χ4v) is 4.54. The highest BCUT2D eigenvalue weighted by atomic mass is 79.9. The van der Waals surface area contributed by atoms with Crippen molar-refractivity contribution in [3.05, 3.63) is 20.8 Å². The van der Waals surface area contributed by atoms with Gasteiger partial charge in [0.25, 0.3) is 5.91 Å². The molecule has 1 spiro atoms. The maximum absolute atomic E-state index is 12.3. The van der Waals surface area contributed by atoms with Crippen molar-refractivity contribution in [2.45, 2.75) is 37.9 Å². The van der Waals surface area contributed by atoms with Crippen molar-refractivity contribution in [3.8, 4) is 0 Å². The summed E-state index contributed by atoms with van der Waals surface area (Å²) < 4.78 is 11.0. The van der Waals surface area contributed by atoms with E-state index in [0.29, 0.717) is 47.3 Å². The topological polar surface area (TPSA) is 118 Å². The van der Waals surface area contributed by atoms with E-state index in [1.807, 2.05) is 0 Å². The fraction of sp³-hybridized carbons (Fsp3) is 0.588. The number of nitrogens with zero attached hydrogens (tertiary/aromatic N) is 1. The molecular formula is C17H23Br2N3O6. The van der Waals surface area contributed by atoms with Crippen molar-refractivity contribution in [1.82, 2.24) is 10.6 Å². The van der Waals surface area contributed by atoms with Crippen molar-refractivity contribution >= 4 is 49.6 Å². The number of amides is 2. The Morgan fingerprint density at radius 2 is 2.04 bits per heavy atom. The lowest BCUT2D eigenvalue weighted by molar-refractivity contribution is -0.114. The number of halogens is 2. The summed E-state index contributed by atoms with van der Waals surface area (Å²) in [6.07, 6.45) is 1.62. The number of alkyl carbamates (subject to hydrolysis) is 1. The van der Waals surface area contributed by atoms with Crippen LogP contribution in [-0.4, -0.2) is 61.3 Å². The molecule has 0 aromatic rings. The molecule has 0 fully saturated rings. The monoisotopic (exact) mass is 523 g/mol. The van der Waals surface area contributed by atoms with Gasteiger partial charge in [0, 0.05) is 19.5 Å². The molecular weight excluding hydrogens is 502 g/mol. The molecule has 2 amide bonds. The van der Waals surface area contributed by atoms with Crippen LogP contribution in [0.3, 0.4) is 0 Å². The first-order valence-electron chi connectivity index (χ1n) is 8.79. The van der Waals surface area contributed by atoms with Crippen molar-refractivity contribution in [2.75, 3.05) is 26.8 Å². The van der Waals surface area contributed by atoms with Crippen LogP contribution in [0.2, 0.25) is 0 Å². The minimum atomic E-state index is -1.17. The molecule has 0 aromatic heterocycles. The third-order valence-corrected chi connectivity index (χ3v) is 5.56. The van der Waals surface area contributed by atoms with Gasteiger partial charge in [-0.15, -0.1) is 0 Å². The molecule has 156 valence electrons. The van der Waals surface area contributed by atoms with Crippen LogP contribution in [0, 0.1) is 0 Å². The predicted molar refractivity (Wildman–Crippen MR) is 109 cm³/mol. The smallest absolute Gasteiger partial charge is 0.407 e. The van der Waals surface area contributed by atoms with E-state index in [2.05, 4.69) is 47.6 Å². The minimum Gasteiger partial charge on any atom is -0.495 e. The molecule has 9 nitrogen and oxygen atoms in total. The fourth-order valence-electron chi connectivity index (χ4n) is 2.75. The Hall–Kier alpha value is -1.59. The molecule has 0 saturated heterocycles. The van der Waals surface area contributed by atoms with E-state index < -0.39 is 17.8 Å². The number of hydrogen-bond acceptors (Lipinski definition) is 7. The summed E-state index contributed by atoms with van der Waals surface area (Å²) in [4.78, 5) is 28.9. The third kappa shape index (κ3) is 5.26. The first kappa shape index (κ1) is 22.7. The van der Waals surface area contributed by atoms with Gasteiger partial charge in [-0.2, -0.15) is 0 Å². The lowest BCUT2D eigenvalue weighted by Crippen LogP contribution is -2.45. The quantitative estimate of drug-likeness (QED) is 0.418. The number of carbonyl (C=O) groups excluding carboxylic acids is 2. The number of hydrogen-bond donors (Lipinski definition) is 3. The maximum atomic E-state index is 12.3. The Balaban J connectivity index is 1.78. The van der Waals surface area contributed by atoms with E-state index in [0.717, 1.165) is 0 Å². The second-order valence-electron chi connectivity index (χ2n) is 6.15. The van der Waals surface area contributed by atoms with Crippen LogP contribution in [0.5, 0.6) is 0 Å². The molecule has 1 aliphatic carbocycles. The molecule has 0 radical (unpaired) electrons. The molecule has 0 saturated carbocycles. The van der Waals surface area contributed by atoms with Crippen LogP contribution in [0.15, 0.2) is 26.0 Å². The van der Waals surface area contributed by atoms with Gasteiger partial charge >= 0.3 is 6.09 Å². The SMILES string of the molecule is CCOC(=O)NCCCCNC(=O)C1=NO[C@]2(C=C(Br)C(OC)=C(Br)[C@@H]2O)C1. The van der Waals surface area contributed by atoms with E-state index >= 15 is 0 Å². The summed E-state index contributed by atoms with van der Waals surface area (Å²) >= 11 is 6.69. The van der Waals surface area contributed by atoms with Crippen LogP contribution in [-0.2, 0) is 19.1 Å². The first-order valence-corrected chi connectivity index (χ1v) is 10.4. The first-order chi connectivity index (χ1) is 13.3. The standard InChI is InChI=1S/C17H23Br2N3O6/c1-3-27-16(25)21-7-5-4-6-20-15(24)11-9-17(28-22-11)8-10(18)13(26-2)12(19)14(17)23/h8,14,23H,3-7,9H2,1-2H3,(H,20,24)(H,21,25)/t14-,17+/m0/s1. The number of allylic oxidation sites excluding steroid dienone is 1. The van der Waals surface area contributed by atoms with E-state index in [1.165, 1.54) is 7.11 Å². The summed E-state index contributed by atoms with van der Waals surface area (Å²) in [6, 6.07) is 0. The number of rotatable bonds is 8. The number of aliphatic hydroxyl groups excluding tert-OH is 1. The predicted octanol–water partition coefficient (Wildman–Crippen LogP) is 2.05. The molecule has 1 heterocycles. The lowest BCUT2D eigenvalue weighted by atomic mass is 9.87. The van der Waals surface area contributed by atoms with Crippen molar-refractivity contribution < 1.29 is 29.0 Å². The number of aliphatic hydroxyl groups is 1. The van der Waals surface area contributed by atoms with Crippen LogP contribution < -0.4 is 10.6 Å². The molecule has 0 bridgehead atoms. The molecule has 3 N–H and O–H groups in total. The number of carbonyl (C=O) groups is 2. The lowest BCUT2D eigenvalue weighted by Gasteiger charge is -2.33.